The van der Waals surface area contributed by atoms with Crippen molar-refractivity contribution in [1.82, 2.24) is 0 Å². The summed E-state index contributed by atoms with van der Waals surface area (Å²) in [5, 5.41) is 118. The van der Waals surface area contributed by atoms with Crippen LogP contribution in [0.15, 0.2) is 182 Å². The minimum absolute atomic E-state index is 0.0357. The van der Waals surface area contributed by atoms with E-state index in [4.69, 9.17) is 0 Å². The van der Waals surface area contributed by atoms with Gasteiger partial charge in [0.15, 0.2) is 0 Å². The van der Waals surface area contributed by atoms with Crippen molar-refractivity contribution in [3.63, 3.8) is 0 Å². The maximum absolute atomic E-state index is 12.2. The van der Waals surface area contributed by atoms with Gasteiger partial charge in [-0.1, -0.05) is 182 Å². The summed E-state index contributed by atoms with van der Waals surface area (Å²) >= 11 is 0. The van der Waals surface area contributed by atoms with Gasteiger partial charge in [-0.25, -0.2) is 0 Å². The van der Waals surface area contributed by atoms with Crippen molar-refractivity contribution >= 4 is 0 Å². The molecule has 10 aromatic rings. The first-order chi connectivity index (χ1) is 40.7. The third-order valence-electron chi connectivity index (χ3n) is 17.0. The molecule has 12 rings (SSSR count). The van der Waals surface area contributed by atoms with Gasteiger partial charge >= 0.3 is 0 Å². The molecule has 0 radical (unpaired) electrons. The van der Waals surface area contributed by atoms with Crippen LogP contribution in [-0.2, 0) is 77.0 Å². The number of benzene rings is 10. The summed E-state index contributed by atoms with van der Waals surface area (Å²) in [6, 6.07) is 51.7. The fourth-order valence-electron chi connectivity index (χ4n) is 12.4. The Morgan fingerprint density at radius 3 is 0.452 bits per heavy atom. The second kappa shape index (κ2) is 23.1. The number of phenolic OH excluding ortho intramolecular Hbond substituents is 10. The highest BCUT2D eigenvalue weighted by Gasteiger charge is 2.23. The predicted octanol–water partition coefficient (Wildman–Crippen LogP) is 13.6. The molecule has 10 N–H and O–H groups in total. The third-order valence-corrected chi connectivity index (χ3v) is 17.0. The Morgan fingerprint density at radius 1 is 0.190 bits per heavy atom. The Balaban J connectivity index is 0.894. The fourth-order valence-corrected chi connectivity index (χ4v) is 12.4. The van der Waals surface area contributed by atoms with Gasteiger partial charge in [-0.15, -0.1) is 0 Å². The maximum Gasteiger partial charge on any atom is 0.122 e. The lowest BCUT2D eigenvalue weighted by Gasteiger charge is -2.18. The minimum Gasteiger partial charge on any atom is -0.507 e. The molecule has 84 heavy (non-hydrogen) atoms. The Kier molecular flexibility index (Phi) is 15.0. The Morgan fingerprint density at radius 2 is 0.310 bits per heavy atom. The van der Waals surface area contributed by atoms with Crippen LogP contribution in [0.25, 0.3) is 0 Å². The zero-order valence-corrected chi connectivity index (χ0v) is 46.3. The Hall–Kier alpha value is -10.1. The standard InChI is InChI=1S/C74H64O10/c75-65-45-13-3-17-49(65)35-53-21-7-25-57(69(53)79)39-61-29-43(30-62(73(61)83)40-58-26-8-22-54(70(58)80)36-50-18-4-14-46(33-45)66(50)76)11-1-2-12-44-31-63-41-59-27-9-23-55(71(59)81)37-51-19-5-15-47(67(51)77)34-48-16-6-20-52(68(48)78)38-56-24-10-28-60(72(56)82)42-64(32-44)74(63)84/h1-10,13-32,75-84H,11-12,33-42H2/b2-1+. The van der Waals surface area contributed by atoms with Gasteiger partial charge in [0.1, 0.15) is 57.5 Å². The number of allylic oxidation sites excluding steroid dienone is 2. The molecular weight excluding hydrogens is 1050 g/mol. The largest absolute Gasteiger partial charge is 0.507 e. The van der Waals surface area contributed by atoms with Gasteiger partial charge in [0.25, 0.3) is 0 Å². The summed E-state index contributed by atoms with van der Waals surface area (Å²) in [6.45, 7) is 0. The van der Waals surface area contributed by atoms with Crippen LogP contribution in [-0.4, -0.2) is 51.1 Å². The Bertz CT molecular complexity index is 3710. The van der Waals surface area contributed by atoms with Crippen LogP contribution in [0.3, 0.4) is 0 Å². The first-order valence-corrected chi connectivity index (χ1v) is 28.4. The van der Waals surface area contributed by atoms with E-state index in [0.29, 0.717) is 124 Å². The van der Waals surface area contributed by atoms with Crippen LogP contribution in [0.4, 0.5) is 0 Å². The fraction of sp³-hybridized carbons (Fsp3) is 0.162. The highest BCUT2D eigenvalue weighted by molar-refractivity contribution is 5.59. The smallest absolute Gasteiger partial charge is 0.122 e. The summed E-state index contributed by atoms with van der Waals surface area (Å²) in [4.78, 5) is 0. The number of hydrogen-bond acceptors (Lipinski definition) is 10. The van der Waals surface area contributed by atoms with Gasteiger partial charge < -0.3 is 51.1 Å². The lowest BCUT2D eigenvalue weighted by atomic mass is 9.90. The van der Waals surface area contributed by atoms with Gasteiger partial charge in [0, 0.05) is 64.2 Å². The van der Waals surface area contributed by atoms with Crippen LogP contribution in [0.1, 0.15) is 122 Å². The summed E-state index contributed by atoms with van der Waals surface area (Å²) in [7, 11) is 0. The quantitative estimate of drug-likeness (QED) is 0.0756. The topological polar surface area (TPSA) is 202 Å². The molecule has 0 amide bonds. The zero-order valence-electron chi connectivity index (χ0n) is 46.3. The molecule has 0 heterocycles. The van der Waals surface area contributed by atoms with E-state index < -0.39 is 0 Å². The van der Waals surface area contributed by atoms with E-state index >= 15 is 0 Å². The molecule has 2 aliphatic rings. The second-order valence-electron chi connectivity index (χ2n) is 22.6. The molecule has 0 saturated heterocycles. The van der Waals surface area contributed by atoms with Gasteiger partial charge in [-0.3, -0.25) is 0 Å². The maximum atomic E-state index is 12.2. The molecule has 0 aromatic heterocycles. The lowest BCUT2D eigenvalue weighted by molar-refractivity contribution is 0.449. The van der Waals surface area contributed by atoms with Crippen molar-refractivity contribution < 1.29 is 51.1 Å². The second-order valence-corrected chi connectivity index (χ2v) is 22.6. The predicted molar refractivity (Wildman–Crippen MR) is 326 cm³/mol. The number of aromatic hydroxyl groups is 10. The molecule has 0 atom stereocenters. The number of hydrogen-bond donors (Lipinski definition) is 10. The van der Waals surface area contributed by atoms with Gasteiger partial charge in [0.05, 0.1) is 0 Å². The van der Waals surface area contributed by atoms with Crippen LogP contribution < -0.4 is 0 Å². The number of para-hydroxylation sites is 8. The molecule has 10 aromatic carbocycles. The molecule has 0 spiro atoms. The molecule has 0 aliphatic heterocycles. The van der Waals surface area contributed by atoms with Gasteiger partial charge in [-0.2, -0.15) is 0 Å². The van der Waals surface area contributed by atoms with Crippen molar-refractivity contribution in [2.45, 2.75) is 77.0 Å². The lowest BCUT2D eigenvalue weighted by Crippen LogP contribution is -2.02. The van der Waals surface area contributed by atoms with Crippen molar-refractivity contribution in [3.8, 4) is 57.5 Å². The van der Waals surface area contributed by atoms with Crippen molar-refractivity contribution in [3.05, 3.63) is 304 Å². The van der Waals surface area contributed by atoms with E-state index in [2.05, 4.69) is 0 Å². The molecule has 2 aliphatic carbocycles. The molecule has 420 valence electrons. The van der Waals surface area contributed by atoms with Crippen LogP contribution in [0.5, 0.6) is 57.5 Å². The van der Waals surface area contributed by atoms with Crippen LogP contribution in [0, 0.1) is 0 Å². The van der Waals surface area contributed by atoms with Crippen LogP contribution in [0.2, 0.25) is 0 Å². The molecule has 0 fully saturated rings. The molecular formula is C74H64O10. The van der Waals surface area contributed by atoms with E-state index in [1.54, 1.807) is 0 Å². The van der Waals surface area contributed by atoms with E-state index in [-0.39, 0.29) is 122 Å². The normalized spacial score (nSPS) is 13.3. The first-order valence-electron chi connectivity index (χ1n) is 28.4. The number of rotatable bonds is 4. The number of fused-ring (bicyclic) bond motifs is 20. The number of phenols is 10. The molecule has 20 bridgehead atoms. The summed E-state index contributed by atoms with van der Waals surface area (Å²) < 4.78 is 0. The summed E-state index contributed by atoms with van der Waals surface area (Å²) in [5.74, 6) is 0.569. The average Bonchev–Trinajstić information content (AvgIpc) is 3.68. The van der Waals surface area contributed by atoms with E-state index in [0.717, 1.165) is 11.1 Å². The van der Waals surface area contributed by atoms with E-state index in [9.17, 15) is 51.1 Å². The zero-order chi connectivity index (χ0) is 58.2. The molecule has 10 nitrogen and oxygen atoms in total. The van der Waals surface area contributed by atoms with Crippen molar-refractivity contribution in [2.75, 3.05) is 0 Å². The monoisotopic (exact) mass is 1110 g/mol. The van der Waals surface area contributed by atoms with E-state index in [1.807, 2.05) is 182 Å². The van der Waals surface area contributed by atoms with Crippen molar-refractivity contribution in [2.24, 2.45) is 0 Å². The van der Waals surface area contributed by atoms with Gasteiger partial charge in [-0.05, 0) is 135 Å². The van der Waals surface area contributed by atoms with Gasteiger partial charge in [0.2, 0.25) is 0 Å². The molecule has 0 unspecified atom stereocenters. The van der Waals surface area contributed by atoms with Crippen LogP contribution >= 0.6 is 0 Å². The summed E-state index contributed by atoms with van der Waals surface area (Å²) in [5.41, 5.74) is 13.7. The third kappa shape index (κ3) is 11.1. The SMILES string of the molecule is Oc1c2cccc1Cc1cccc(c1O)Cc1cc(C/C=C/Cc3cc4c(O)c(c3)Cc3cccc(c3O)Cc3cccc(c3O)Cc3cccc(c3O)Cc3cccc(c3O)C4)cc(c1O)Cc1cccc(c1O)Cc1cccc(c1O)C2. The van der Waals surface area contributed by atoms with Crippen molar-refractivity contribution in [1.29, 1.82) is 0 Å². The molecule has 0 saturated carbocycles. The van der Waals surface area contributed by atoms with E-state index in [1.165, 1.54) is 0 Å². The summed E-state index contributed by atoms with van der Waals surface area (Å²) in [6.07, 6.45) is 7.18. The highest BCUT2D eigenvalue weighted by Crippen LogP contribution is 2.42. The first kappa shape index (κ1) is 54.5. The molecule has 10 heteroatoms. The minimum atomic E-state index is 0.0357. The highest BCUT2D eigenvalue weighted by atomic mass is 16.3. The average molecular weight is 1110 g/mol. The Labute approximate surface area is 487 Å².